The summed E-state index contributed by atoms with van der Waals surface area (Å²) in [6, 6.07) is 6.36. The molecule has 1 saturated heterocycles. The van der Waals surface area contributed by atoms with Gasteiger partial charge in [0, 0.05) is 20.0 Å². The molecule has 0 unspecified atom stereocenters. The first kappa shape index (κ1) is 15.8. The van der Waals surface area contributed by atoms with Crippen molar-refractivity contribution in [3.8, 4) is 0 Å². The lowest BCUT2D eigenvalue weighted by Crippen LogP contribution is -2.29. The molecule has 1 fully saturated rings. The molecule has 1 heterocycles. The van der Waals surface area contributed by atoms with Crippen molar-refractivity contribution in [2.75, 3.05) is 23.7 Å². The highest BCUT2D eigenvalue weighted by molar-refractivity contribution is 8.00. The van der Waals surface area contributed by atoms with Gasteiger partial charge >= 0.3 is 0 Å². The molecule has 1 N–H and O–H groups in total. The van der Waals surface area contributed by atoms with Crippen LogP contribution in [0.4, 0.5) is 10.1 Å². The highest BCUT2D eigenvalue weighted by Crippen LogP contribution is 2.30. The molecule has 114 valence electrons. The fourth-order valence-corrected chi connectivity index (χ4v) is 3.42. The van der Waals surface area contributed by atoms with E-state index < -0.39 is 0 Å². The van der Waals surface area contributed by atoms with E-state index in [1.165, 1.54) is 17.9 Å². The second kappa shape index (κ2) is 7.45. The predicted octanol–water partition coefficient (Wildman–Crippen LogP) is 2.19. The number of para-hydroxylation sites is 1. The molecule has 0 saturated carbocycles. The summed E-state index contributed by atoms with van der Waals surface area (Å²) < 4.78 is 13.7. The van der Waals surface area contributed by atoms with Gasteiger partial charge < -0.3 is 10.2 Å². The van der Waals surface area contributed by atoms with Crippen LogP contribution < -0.4 is 10.2 Å². The average molecular weight is 310 g/mol. The molecule has 1 atom stereocenters. The van der Waals surface area contributed by atoms with Crippen molar-refractivity contribution in [1.29, 1.82) is 0 Å². The molecule has 0 aromatic heterocycles. The van der Waals surface area contributed by atoms with Crippen molar-refractivity contribution in [3.63, 3.8) is 0 Å². The number of carbonyl (C=O) groups is 2. The van der Waals surface area contributed by atoms with Crippen LogP contribution >= 0.6 is 11.8 Å². The van der Waals surface area contributed by atoms with E-state index in [1.807, 2.05) is 0 Å². The van der Waals surface area contributed by atoms with Gasteiger partial charge in [-0.15, -0.1) is 11.8 Å². The molecule has 4 nitrogen and oxygen atoms in total. The summed E-state index contributed by atoms with van der Waals surface area (Å²) in [6.07, 6.45) is 1.56. The molecular formula is C15H19FN2O2S. The standard InChI is InChI=1S/C15H19FN2O2S/c1-11(19)17-8-4-10-21-14-7-9-18(15(14)20)13-6-3-2-5-12(13)16/h2-3,5-6,14H,4,7-10H2,1H3,(H,17,19)/t14-/m0/s1. The fraction of sp³-hybridized carbons (Fsp3) is 0.467. The van der Waals surface area contributed by atoms with E-state index in [9.17, 15) is 14.0 Å². The SMILES string of the molecule is CC(=O)NCCCS[C@H]1CCN(c2ccccc2F)C1=O. The number of hydrogen-bond donors (Lipinski definition) is 1. The normalized spacial score (nSPS) is 18.1. The zero-order valence-electron chi connectivity index (χ0n) is 12.0. The summed E-state index contributed by atoms with van der Waals surface area (Å²) in [6.45, 7) is 2.67. The van der Waals surface area contributed by atoms with Crippen molar-refractivity contribution in [2.24, 2.45) is 0 Å². The van der Waals surface area contributed by atoms with Gasteiger partial charge in [-0.2, -0.15) is 0 Å². The van der Waals surface area contributed by atoms with Gasteiger partial charge in [0.25, 0.3) is 0 Å². The van der Waals surface area contributed by atoms with Gasteiger partial charge in [-0.1, -0.05) is 12.1 Å². The fourth-order valence-electron chi connectivity index (χ4n) is 2.28. The Morgan fingerprint density at radius 1 is 1.48 bits per heavy atom. The number of rotatable bonds is 6. The Morgan fingerprint density at radius 2 is 2.24 bits per heavy atom. The average Bonchev–Trinajstić information content (AvgIpc) is 2.80. The van der Waals surface area contributed by atoms with Crippen LogP contribution in [0, 0.1) is 5.82 Å². The Bertz CT molecular complexity index is 524. The molecular weight excluding hydrogens is 291 g/mol. The van der Waals surface area contributed by atoms with Gasteiger partial charge in [0.15, 0.2) is 0 Å². The third-order valence-electron chi connectivity index (χ3n) is 3.31. The number of anilines is 1. The Morgan fingerprint density at radius 3 is 2.95 bits per heavy atom. The third-order valence-corrected chi connectivity index (χ3v) is 4.68. The van der Waals surface area contributed by atoms with E-state index in [4.69, 9.17) is 0 Å². The number of nitrogens with zero attached hydrogens (tertiary/aromatic N) is 1. The molecule has 21 heavy (non-hydrogen) atoms. The first-order valence-electron chi connectivity index (χ1n) is 7.01. The second-order valence-electron chi connectivity index (χ2n) is 4.93. The summed E-state index contributed by atoms with van der Waals surface area (Å²) in [5.41, 5.74) is 0.365. The highest BCUT2D eigenvalue weighted by Gasteiger charge is 2.33. The molecule has 2 rings (SSSR count). The molecule has 0 bridgehead atoms. The van der Waals surface area contributed by atoms with Gasteiger partial charge in [-0.25, -0.2) is 4.39 Å². The van der Waals surface area contributed by atoms with Crippen LogP contribution in [0.1, 0.15) is 19.8 Å². The third kappa shape index (κ3) is 4.20. The number of carbonyl (C=O) groups excluding carboxylic acids is 2. The summed E-state index contributed by atoms with van der Waals surface area (Å²) >= 11 is 1.58. The van der Waals surface area contributed by atoms with Crippen molar-refractivity contribution in [2.45, 2.75) is 25.0 Å². The van der Waals surface area contributed by atoms with Crippen LogP contribution in [0.3, 0.4) is 0 Å². The predicted molar refractivity (Wildman–Crippen MR) is 82.9 cm³/mol. The molecule has 0 radical (unpaired) electrons. The quantitative estimate of drug-likeness (QED) is 0.820. The number of halogens is 1. The Balaban J connectivity index is 1.82. The van der Waals surface area contributed by atoms with E-state index in [2.05, 4.69) is 5.32 Å². The van der Waals surface area contributed by atoms with Gasteiger partial charge in [0.2, 0.25) is 11.8 Å². The maximum Gasteiger partial charge on any atom is 0.240 e. The maximum atomic E-state index is 13.7. The minimum Gasteiger partial charge on any atom is -0.356 e. The lowest BCUT2D eigenvalue weighted by molar-refractivity contribution is -0.119. The van der Waals surface area contributed by atoms with Crippen LogP contribution in [0.15, 0.2) is 24.3 Å². The molecule has 1 aromatic carbocycles. The van der Waals surface area contributed by atoms with Crippen molar-refractivity contribution in [1.82, 2.24) is 5.32 Å². The first-order valence-corrected chi connectivity index (χ1v) is 8.06. The zero-order valence-corrected chi connectivity index (χ0v) is 12.8. The topological polar surface area (TPSA) is 49.4 Å². The Hall–Kier alpha value is -1.56. The zero-order chi connectivity index (χ0) is 15.2. The molecule has 1 aromatic rings. The Labute approximate surface area is 128 Å². The first-order chi connectivity index (χ1) is 10.1. The number of thioether (sulfide) groups is 1. The number of benzene rings is 1. The molecule has 6 heteroatoms. The van der Waals surface area contributed by atoms with E-state index in [0.717, 1.165) is 18.6 Å². The largest absolute Gasteiger partial charge is 0.356 e. The van der Waals surface area contributed by atoms with Crippen molar-refractivity contribution < 1.29 is 14.0 Å². The highest BCUT2D eigenvalue weighted by atomic mass is 32.2. The monoisotopic (exact) mass is 310 g/mol. The van der Waals surface area contributed by atoms with Crippen LogP contribution in [-0.2, 0) is 9.59 Å². The summed E-state index contributed by atoms with van der Waals surface area (Å²) in [4.78, 5) is 24.6. The van der Waals surface area contributed by atoms with Crippen molar-refractivity contribution >= 4 is 29.3 Å². The molecule has 2 amide bonds. The van der Waals surface area contributed by atoms with Crippen molar-refractivity contribution in [3.05, 3.63) is 30.1 Å². The number of amides is 2. The smallest absolute Gasteiger partial charge is 0.240 e. The lowest BCUT2D eigenvalue weighted by atomic mass is 10.3. The molecule has 1 aliphatic heterocycles. The Kier molecular flexibility index (Phi) is 5.61. The molecule has 0 aliphatic carbocycles. The van der Waals surface area contributed by atoms with Gasteiger partial charge in [0.1, 0.15) is 5.82 Å². The van der Waals surface area contributed by atoms with E-state index in [-0.39, 0.29) is 22.9 Å². The van der Waals surface area contributed by atoms with E-state index in [0.29, 0.717) is 18.8 Å². The van der Waals surface area contributed by atoms with Crippen LogP contribution in [0.5, 0.6) is 0 Å². The minimum absolute atomic E-state index is 0.0235. The number of hydrogen-bond acceptors (Lipinski definition) is 3. The van der Waals surface area contributed by atoms with Gasteiger partial charge in [0.05, 0.1) is 10.9 Å². The number of nitrogens with one attached hydrogen (secondary N) is 1. The molecule has 0 spiro atoms. The van der Waals surface area contributed by atoms with E-state index >= 15 is 0 Å². The molecule has 1 aliphatic rings. The summed E-state index contributed by atoms with van der Waals surface area (Å²) in [7, 11) is 0. The summed E-state index contributed by atoms with van der Waals surface area (Å²) in [5.74, 6) is 0.386. The van der Waals surface area contributed by atoms with Crippen LogP contribution in [0.25, 0.3) is 0 Å². The van der Waals surface area contributed by atoms with Crippen LogP contribution in [-0.4, -0.2) is 35.9 Å². The van der Waals surface area contributed by atoms with Gasteiger partial charge in [-0.05, 0) is 30.7 Å². The van der Waals surface area contributed by atoms with Gasteiger partial charge in [-0.3, -0.25) is 9.59 Å². The lowest BCUT2D eigenvalue weighted by Gasteiger charge is -2.17. The summed E-state index contributed by atoms with van der Waals surface area (Å²) in [5, 5.41) is 2.62. The maximum absolute atomic E-state index is 13.7. The van der Waals surface area contributed by atoms with Crippen LogP contribution in [0.2, 0.25) is 0 Å². The second-order valence-corrected chi connectivity index (χ2v) is 6.24. The minimum atomic E-state index is -0.359. The van der Waals surface area contributed by atoms with E-state index in [1.54, 1.807) is 30.0 Å².